The number of ether oxygens (including phenoxy) is 1. The molecule has 15 heavy (non-hydrogen) atoms. The smallest absolute Gasteiger partial charge is 0.205 e. The zero-order chi connectivity index (χ0) is 10.7. The van der Waals surface area contributed by atoms with Crippen molar-refractivity contribution in [2.24, 2.45) is 0 Å². The topological polar surface area (TPSA) is 32.7 Å². The summed E-state index contributed by atoms with van der Waals surface area (Å²) in [5, 5.41) is 10.4. The molecule has 1 aromatic rings. The van der Waals surface area contributed by atoms with Gasteiger partial charge in [-0.15, -0.1) is 0 Å². The number of rotatable bonds is 2. The molecule has 1 aliphatic rings. The maximum Gasteiger partial charge on any atom is 0.205 e. The number of nitrogens with zero attached hydrogens (tertiary/aromatic N) is 1. The van der Waals surface area contributed by atoms with Crippen LogP contribution in [0.15, 0.2) is 30.3 Å². The van der Waals surface area contributed by atoms with Gasteiger partial charge in [-0.1, -0.05) is 37.3 Å². The Hall–Kier alpha value is -0.900. The van der Waals surface area contributed by atoms with Crippen molar-refractivity contribution in [3.63, 3.8) is 0 Å². The summed E-state index contributed by atoms with van der Waals surface area (Å²) in [6.45, 7) is 5.06. The predicted molar refractivity (Wildman–Crippen MR) is 58.4 cm³/mol. The van der Waals surface area contributed by atoms with E-state index in [4.69, 9.17) is 4.74 Å². The number of hydrogen-bond donors (Lipinski definition) is 1. The predicted octanol–water partition coefficient (Wildman–Crippen LogP) is 1.18. The first-order valence-corrected chi connectivity index (χ1v) is 5.39. The van der Waals surface area contributed by atoms with Gasteiger partial charge >= 0.3 is 0 Å². The summed E-state index contributed by atoms with van der Waals surface area (Å²) in [4.78, 5) is 2.19. The van der Waals surface area contributed by atoms with E-state index in [9.17, 15) is 5.11 Å². The Morgan fingerprint density at radius 1 is 1.40 bits per heavy atom. The van der Waals surface area contributed by atoms with Crippen LogP contribution in [0.5, 0.6) is 0 Å². The first-order chi connectivity index (χ1) is 7.24. The number of hydrogen-bond acceptors (Lipinski definition) is 3. The van der Waals surface area contributed by atoms with E-state index in [1.54, 1.807) is 0 Å². The van der Waals surface area contributed by atoms with Crippen LogP contribution in [0.2, 0.25) is 0 Å². The van der Waals surface area contributed by atoms with Gasteiger partial charge in [0.15, 0.2) is 0 Å². The van der Waals surface area contributed by atoms with Crippen molar-refractivity contribution in [3.05, 3.63) is 35.9 Å². The summed E-state index contributed by atoms with van der Waals surface area (Å²) in [7, 11) is 0. The molecule has 1 saturated heterocycles. The van der Waals surface area contributed by atoms with E-state index in [-0.39, 0.29) is 0 Å². The van der Waals surface area contributed by atoms with Crippen LogP contribution in [0, 0.1) is 0 Å². The second kappa shape index (κ2) is 4.31. The molecule has 0 aromatic heterocycles. The lowest BCUT2D eigenvalue weighted by atomic mass is 10.0. The number of benzene rings is 1. The van der Waals surface area contributed by atoms with Crippen LogP contribution in [0.25, 0.3) is 0 Å². The molecule has 1 aromatic carbocycles. The molecular formula is C12H17NO2. The van der Waals surface area contributed by atoms with Crippen molar-refractivity contribution in [2.75, 3.05) is 26.2 Å². The number of morpholine rings is 1. The highest BCUT2D eigenvalue weighted by Crippen LogP contribution is 2.26. The fourth-order valence-corrected chi connectivity index (χ4v) is 1.91. The van der Waals surface area contributed by atoms with E-state index in [0.29, 0.717) is 13.2 Å². The minimum atomic E-state index is -1.13. The van der Waals surface area contributed by atoms with E-state index < -0.39 is 5.79 Å². The van der Waals surface area contributed by atoms with Crippen molar-refractivity contribution in [3.8, 4) is 0 Å². The summed E-state index contributed by atoms with van der Waals surface area (Å²) in [6.07, 6.45) is 0. The average molecular weight is 207 g/mol. The van der Waals surface area contributed by atoms with Gasteiger partial charge in [-0.25, -0.2) is 0 Å². The third-order valence-corrected chi connectivity index (χ3v) is 2.86. The van der Waals surface area contributed by atoms with Crippen LogP contribution in [-0.4, -0.2) is 36.2 Å². The fourth-order valence-electron chi connectivity index (χ4n) is 1.91. The Kier molecular flexibility index (Phi) is 3.05. The molecule has 2 rings (SSSR count). The van der Waals surface area contributed by atoms with E-state index in [1.807, 2.05) is 30.3 Å². The number of β-amino-alcohol motifs (C(OH)–C–C–N with tert-alkyl or cyclic N) is 1. The SMILES string of the molecule is CCN1CCO[C@](O)(c2ccccc2)C1. The molecule has 82 valence electrons. The highest BCUT2D eigenvalue weighted by molar-refractivity contribution is 5.20. The average Bonchev–Trinajstić information content (AvgIpc) is 2.30. The molecule has 0 amide bonds. The van der Waals surface area contributed by atoms with Crippen LogP contribution < -0.4 is 0 Å². The Bertz CT molecular complexity index is 315. The molecule has 3 nitrogen and oxygen atoms in total. The summed E-state index contributed by atoms with van der Waals surface area (Å²) in [5.74, 6) is -1.13. The zero-order valence-electron chi connectivity index (χ0n) is 9.02. The normalized spacial score (nSPS) is 27.9. The lowest BCUT2D eigenvalue weighted by Crippen LogP contribution is -2.49. The van der Waals surface area contributed by atoms with Crippen LogP contribution in [0.4, 0.5) is 0 Å². The summed E-state index contributed by atoms with van der Waals surface area (Å²) < 4.78 is 5.50. The maximum absolute atomic E-state index is 10.4. The molecule has 3 heteroatoms. The van der Waals surface area contributed by atoms with Gasteiger partial charge in [0.1, 0.15) is 0 Å². The Morgan fingerprint density at radius 3 is 2.80 bits per heavy atom. The second-order valence-electron chi connectivity index (χ2n) is 3.87. The lowest BCUT2D eigenvalue weighted by Gasteiger charge is -2.38. The Balaban J connectivity index is 2.19. The highest BCUT2D eigenvalue weighted by Gasteiger charge is 2.35. The molecule has 1 aliphatic heterocycles. The first-order valence-electron chi connectivity index (χ1n) is 5.39. The molecule has 0 saturated carbocycles. The molecule has 0 unspecified atom stereocenters. The molecule has 1 N–H and O–H groups in total. The summed E-state index contributed by atoms with van der Waals surface area (Å²) in [5.41, 5.74) is 0.836. The van der Waals surface area contributed by atoms with Crippen molar-refractivity contribution >= 4 is 0 Å². The van der Waals surface area contributed by atoms with Crippen LogP contribution in [0.1, 0.15) is 12.5 Å². The monoisotopic (exact) mass is 207 g/mol. The second-order valence-corrected chi connectivity index (χ2v) is 3.87. The maximum atomic E-state index is 10.4. The minimum absolute atomic E-state index is 0.549. The van der Waals surface area contributed by atoms with Gasteiger partial charge in [-0.2, -0.15) is 0 Å². The molecule has 0 bridgehead atoms. The number of likely N-dealkylation sites (N-methyl/N-ethyl adjacent to an activating group) is 1. The quantitative estimate of drug-likeness (QED) is 0.790. The molecular weight excluding hydrogens is 190 g/mol. The first kappa shape index (κ1) is 10.6. The van der Waals surface area contributed by atoms with Crippen LogP contribution in [0.3, 0.4) is 0 Å². The molecule has 0 radical (unpaired) electrons. The van der Waals surface area contributed by atoms with Gasteiger partial charge in [-0.3, -0.25) is 4.90 Å². The van der Waals surface area contributed by atoms with Gasteiger partial charge in [0.05, 0.1) is 13.2 Å². The van der Waals surface area contributed by atoms with E-state index in [2.05, 4.69) is 11.8 Å². The van der Waals surface area contributed by atoms with Gasteiger partial charge in [-0.05, 0) is 6.54 Å². The molecule has 1 heterocycles. The van der Waals surface area contributed by atoms with Gasteiger partial charge in [0, 0.05) is 12.1 Å². The number of aliphatic hydroxyl groups is 1. The minimum Gasteiger partial charge on any atom is -0.361 e. The zero-order valence-corrected chi connectivity index (χ0v) is 9.02. The molecule has 1 atom stereocenters. The fraction of sp³-hybridized carbons (Fsp3) is 0.500. The summed E-state index contributed by atoms with van der Waals surface area (Å²) >= 11 is 0. The van der Waals surface area contributed by atoms with Crippen LogP contribution >= 0.6 is 0 Å². The molecule has 0 aliphatic carbocycles. The van der Waals surface area contributed by atoms with Gasteiger partial charge in [0.2, 0.25) is 5.79 Å². The van der Waals surface area contributed by atoms with Gasteiger partial charge in [0.25, 0.3) is 0 Å². The van der Waals surface area contributed by atoms with E-state index >= 15 is 0 Å². The van der Waals surface area contributed by atoms with Gasteiger partial charge < -0.3 is 9.84 Å². The van der Waals surface area contributed by atoms with Crippen molar-refractivity contribution < 1.29 is 9.84 Å². The Morgan fingerprint density at radius 2 is 2.13 bits per heavy atom. The van der Waals surface area contributed by atoms with Crippen molar-refractivity contribution in [2.45, 2.75) is 12.7 Å². The standard InChI is InChI=1S/C12H17NO2/c1-2-13-8-9-15-12(14,10-13)11-6-4-3-5-7-11/h3-7,14H,2,8-10H2,1H3/t12-/m0/s1. The largest absolute Gasteiger partial charge is 0.361 e. The summed E-state index contributed by atoms with van der Waals surface area (Å²) in [6, 6.07) is 9.58. The van der Waals surface area contributed by atoms with Crippen molar-refractivity contribution in [1.29, 1.82) is 0 Å². The van der Waals surface area contributed by atoms with Crippen molar-refractivity contribution in [1.82, 2.24) is 4.90 Å². The van der Waals surface area contributed by atoms with Crippen LogP contribution in [-0.2, 0) is 10.5 Å². The molecule has 1 fully saturated rings. The molecule has 0 spiro atoms. The van der Waals surface area contributed by atoms with E-state index in [0.717, 1.165) is 18.7 Å². The third-order valence-electron chi connectivity index (χ3n) is 2.86. The highest BCUT2D eigenvalue weighted by atomic mass is 16.6. The van der Waals surface area contributed by atoms with E-state index in [1.165, 1.54) is 0 Å². The third kappa shape index (κ3) is 2.20. The lowest BCUT2D eigenvalue weighted by molar-refractivity contribution is -0.247. The Labute approximate surface area is 90.3 Å².